The maximum atomic E-state index is 9.39. The van der Waals surface area contributed by atoms with Gasteiger partial charge in [-0.1, -0.05) is 37.0 Å². The van der Waals surface area contributed by atoms with Crippen LogP contribution in [0.3, 0.4) is 0 Å². The summed E-state index contributed by atoms with van der Waals surface area (Å²) in [4.78, 5) is 17.1. The number of aliphatic imine (C=N–C) groups is 1. The number of pyridine rings is 2. The third-order valence-electron chi connectivity index (χ3n) is 5.57. The number of guanidine groups is 1. The fourth-order valence-electron chi connectivity index (χ4n) is 4.23. The number of rotatable bonds is 4. The van der Waals surface area contributed by atoms with E-state index in [-0.39, 0.29) is 0 Å². The van der Waals surface area contributed by atoms with E-state index in [1.165, 1.54) is 5.56 Å². The smallest absolute Gasteiger partial charge is 0.217 e. The first-order valence-corrected chi connectivity index (χ1v) is 11.2. The summed E-state index contributed by atoms with van der Waals surface area (Å²) < 4.78 is 1.83. The molecule has 0 amide bonds. The molecule has 3 aromatic rings. The van der Waals surface area contributed by atoms with Crippen LogP contribution in [0.15, 0.2) is 23.2 Å². The molecule has 4 heterocycles. The van der Waals surface area contributed by atoms with Gasteiger partial charge >= 0.3 is 0 Å². The maximum Gasteiger partial charge on any atom is 0.217 e. The molecule has 166 valence electrons. The van der Waals surface area contributed by atoms with Gasteiger partial charge in [-0.05, 0) is 43.0 Å². The molecule has 0 unspecified atom stereocenters. The van der Waals surface area contributed by atoms with Crippen LogP contribution in [0.5, 0.6) is 0 Å². The quantitative estimate of drug-likeness (QED) is 0.407. The summed E-state index contributed by atoms with van der Waals surface area (Å²) in [5, 5.41) is 15.7. The number of hydrogen-bond acceptors (Lipinski definition) is 5. The topological polar surface area (TPSA) is 86.2 Å². The zero-order valence-electron chi connectivity index (χ0n) is 18.5. The Labute approximate surface area is 197 Å². The van der Waals surface area contributed by atoms with Gasteiger partial charge in [0.05, 0.1) is 17.9 Å². The van der Waals surface area contributed by atoms with Crippen molar-refractivity contribution in [3.8, 4) is 6.19 Å². The van der Waals surface area contributed by atoms with Crippen LogP contribution in [0, 0.1) is 18.4 Å². The lowest BCUT2D eigenvalue weighted by atomic mass is 9.98. The fraction of sp³-hybridized carbons (Fsp3) is 0.409. The van der Waals surface area contributed by atoms with Crippen LogP contribution in [0.4, 0.5) is 5.69 Å². The average molecular weight is 471 g/mol. The normalized spacial score (nSPS) is 15.8. The standard InChI is InChI=1S/C22H24Cl2N8/c1-13(2)17-8-15(27-21-20(17)14(3)29-30(21)4)11-31-6-5-7-32(22(31)26-12-25)16-9-18(23)28-19(24)10-16/h8-10,13H,5-7,11H2,1-4H3/b26-22+. The lowest BCUT2D eigenvalue weighted by Crippen LogP contribution is -2.50. The van der Waals surface area contributed by atoms with Crippen LogP contribution < -0.4 is 4.90 Å². The summed E-state index contributed by atoms with van der Waals surface area (Å²) in [5.74, 6) is 0.875. The molecule has 0 radical (unpaired) electrons. The van der Waals surface area contributed by atoms with Gasteiger partial charge in [0, 0.05) is 31.2 Å². The van der Waals surface area contributed by atoms with E-state index in [0.29, 0.717) is 35.3 Å². The summed E-state index contributed by atoms with van der Waals surface area (Å²) in [7, 11) is 1.92. The molecule has 32 heavy (non-hydrogen) atoms. The van der Waals surface area contributed by atoms with Crippen LogP contribution in [0.1, 0.15) is 43.1 Å². The lowest BCUT2D eigenvalue weighted by molar-refractivity contribution is 0.371. The molecule has 0 atom stereocenters. The average Bonchev–Trinajstić information content (AvgIpc) is 3.01. The van der Waals surface area contributed by atoms with E-state index in [1.807, 2.05) is 29.7 Å². The van der Waals surface area contributed by atoms with E-state index in [4.69, 9.17) is 28.2 Å². The second kappa shape index (κ2) is 8.93. The highest BCUT2D eigenvalue weighted by Gasteiger charge is 2.27. The maximum absolute atomic E-state index is 9.39. The van der Waals surface area contributed by atoms with Crippen molar-refractivity contribution in [2.45, 2.75) is 39.7 Å². The van der Waals surface area contributed by atoms with Crippen molar-refractivity contribution in [2.75, 3.05) is 18.0 Å². The third-order valence-corrected chi connectivity index (χ3v) is 5.96. The first-order valence-electron chi connectivity index (χ1n) is 10.4. The first kappa shape index (κ1) is 22.3. The van der Waals surface area contributed by atoms with Crippen LogP contribution >= 0.6 is 23.2 Å². The van der Waals surface area contributed by atoms with E-state index < -0.39 is 0 Å². The summed E-state index contributed by atoms with van der Waals surface area (Å²) in [6.07, 6.45) is 2.82. The second-order valence-corrected chi connectivity index (χ2v) is 8.95. The number of fused-ring (bicyclic) bond motifs is 1. The molecule has 3 aromatic heterocycles. The summed E-state index contributed by atoms with van der Waals surface area (Å²) in [6, 6.07) is 5.59. The van der Waals surface area contributed by atoms with Gasteiger partial charge in [-0.2, -0.15) is 10.4 Å². The highest BCUT2D eigenvalue weighted by atomic mass is 35.5. The van der Waals surface area contributed by atoms with Gasteiger partial charge in [-0.3, -0.25) is 4.68 Å². The number of nitrogens with zero attached hydrogens (tertiary/aromatic N) is 8. The molecule has 1 aliphatic heterocycles. The Hall–Kier alpha value is -2.89. The van der Waals surface area contributed by atoms with Gasteiger partial charge < -0.3 is 9.80 Å². The second-order valence-electron chi connectivity index (χ2n) is 8.17. The predicted molar refractivity (Wildman–Crippen MR) is 127 cm³/mol. The molecule has 0 bridgehead atoms. The Morgan fingerprint density at radius 1 is 1.16 bits per heavy atom. The lowest BCUT2D eigenvalue weighted by Gasteiger charge is -2.38. The van der Waals surface area contributed by atoms with Gasteiger partial charge in [0.25, 0.3) is 0 Å². The van der Waals surface area contributed by atoms with E-state index in [1.54, 1.807) is 12.1 Å². The van der Waals surface area contributed by atoms with Crippen molar-refractivity contribution in [2.24, 2.45) is 12.0 Å². The van der Waals surface area contributed by atoms with Gasteiger partial charge in [0.1, 0.15) is 10.3 Å². The Balaban J connectivity index is 1.73. The summed E-state index contributed by atoms with van der Waals surface area (Å²) >= 11 is 12.2. The minimum Gasteiger partial charge on any atom is -0.336 e. The molecule has 0 aliphatic carbocycles. The SMILES string of the molecule is Cc1nn(C)c2nc(CN3CCCN(c4cc(Cl)nc(Cl)c4)/C3=N/C#N)cc(C(C)C)c12. The zero-order valence-corrected chi connectivity index (χ0v) is 20.0. The molecule has 1 fully saturated rings. The van der Waals surface area contributed by atoms with Crippen molar-refractivity contribution < 1.29 is 0 Å². The molecule has 0 aromatic carbocycles. The Morgan fingerprint density at radius 2 is 1.88 bits per heavy atom. The molecule has 10 heteroatoms. The van der Waals surface area contributed by atoms with E-state index >= 15 is 0 Å². The first-order chi connectivity index (χ1) is 15.3. The van der Waals surface area contributed by atoms with Gasteiger partial charge in [0.2, 0.25) is 12.2 Å². The fourth-order valence-corrected chi connectivity index (χ4v) is 4.68. The Bertz CT molecular complexity index is 1220. The number of aryl methyl sites for hydroxylation is 2. The molecule has 1 aliphatic rings. The monoisotopic (exact) mass is 470 g/mol. The number of hydrogen-bond donors (Lipinski definition) is 0. The van der Waals surface area contributed by atoms with E-state index in [0.717, 1.165) is 41.1 Å². The van der Waals surface area contributed by atoms with Gasteiger partial charge in [0.15, 0.2) is 5.65 Å². The van der Waals surface area contributed by atoms with Crippen molar-refractivity contribution in [3.05, 3.63) is 45.5 Å². The highest BCUT2D eigenvalue weighted by molar-refractivity contribution is 6.33. The molecule has 0 saturated carbocycles. The van der Waals surface area contributed by atoms with Crippen molar-refractivity contribution in [1.29, 1.82) is 5.26 Å². The number of aromatic nitrogens is 4. The minimum atomic E-state index is 0.293. The number of anilines is 1. The van der Waals surface area contributed by atoms with E-state index in [2.05, 4.69) is 39.9 Å². The number of nitriles is 1. The molecule has 1 saturated heterocycles. The van der Waals surface area contributed by atoms with Crippen molar-refractivity contribution in [1.82, 2.24) is 24.6 Å². The highest BCUT2D eigenvalue weighted by Crippen LogP contribution is 2.30. The van der Waals surface area contributed by atoms with Crippen LogP contribution in [-0.4, -0.2) is 43.7 Å². The van der Waals surface area contributed by atoms with Crippen LogP contribution in [0.2, 0.25) is 10.3 Å². The molecular formula is C22H24Cl2N8. The Morgan fingerprint density at radius 3 is 2.53 bits per heavy atom. The largest absolute Gasteiger partial charge is 0.336 e. The molecule has 0 spiro atoms. The molecule has 4 rings (SSSR count). The van der Waals surface area contributed by atoms with Crippen molar-refractivity contribution in [3.63, 3.8) is 0 Å². The molecular weight excluding hydrogens is 447 g/mol. The number of halogens is 2. The third kappa shape index (κ3) is 4.23. The van der Waals surface area contributed by atoms with Gasteiger partial charge in [-0.15, -0.1) is 4.99 Å². The molecule has 0 N–H and O–H groups in total. The van der Waals surface area contributed by atoms with E-state index in [9.17, 15) is 5.26 Å². The summed E-state index contributed by atoms with van der Waals surface area (Å²) in [5.41, 5.74) is 4.72. The van der Waals surface area contributed by atoms with Gasteiger partial charge in [-0.25, -0.2) is 9.97 Å². The Kier molecular flexibility index (Phi) is 6.22. The zero-order chi connectivity index (χ0) is 23.0. The van der Waals surface area contributed by atoms with Crippen LogP contribution in [-0.2, 0) is 13.6 Å². The minimum absolute atomic E-state index is 0.293. The molecule has 8 nitrogen and oxygen atoms in total. The van der Waals surface area contributed by atoms with Crippen molar-refractivity contribution >= 4 is 45.9 Å². The van der Waals surface area contributed by atoms with Crippen LogP contribution in [0.25, 0.3) is 11.0 Å². The summed E-state index contributed by atoms with van der Waals surface area (Å²) in [6.45, 7) is 8.33. The predicted octanol–water partition coefficient (Wildman–Crippen LogP) is 4.65.